The lowest BCUT2D eigenvalue weighted by atomic mass is 10.0. The molecule has 7 nitrogen and oxygen atoms in total. The zero-order valence-corrected chi connectivity index (χ0v) is 21.4. The number of rotatable bonds is 12. The van der Waals surface area contributed by atoms with E-state index >= 15 is 8.78 Å². The summed E-state index contributed by atoms with van der Waals surface area (Å²) in [7, 11) is -4.85. The number of thiophene rings is 1. The van der Waals surface area contributed by atoms with Crippen molar-refractivity contribution in [3.63, 3.8) is 0 Å². The number of carboxylic acids is 1. The van der Waals surface area contributed by atoms with Gasteiger partial charge in [0.25, 0.3) is 0 Å². The van der Waals surface area contributed by atoms with E-state index < -0.39 is 29.7 Å². The molecule has 0 atom stereocenters. The molecule has 2 rings (SSSR count). The Bertz CT molecular complexity index is 1010. The Kier molecular flexibility index (Phi) is 8.86. The molecule has 0 amide bonds. The molecule has 2 aromatic rings. The minimum Gasteiger partial charge on any atom is -0.492 e. The molecular formula is C20H26BrF2O7PS. The Hall–Kier alpha value is -1.10. The normalized spacial score (nSPS) is 13.0. The van der Waals surface area contributed by atoms with E-state index in [1.54, 1.807) is 13.8 Å². The van der Waals surface area contributed by atoms with Gasteiger partial charge >= 0.3 is 19.2 Å². The van der Waals surface area contributed by atoms with Crippen molar-refractivity contribution in [3.05, 3.63) is 27.0 Å². The van der Waals surface area contributed by atoms with Gasteiger partial charge in [-0.1, -0.05) is 0 Å². The van der Waals surface area contributed by atoms with E-state index in [-0.39, 0.29) is 45.7 Å². The maximum atomic E-state index is 15.4. The van der Waals surface area contributed by atoms with Crippen molar-refractivity contribution in [2.75, 3.05) is 19.8 Å². The van der Waals surface area contributed by atoms with E-state index in [0.717, 1.165) is 0 Å². The molecule has 0 aliphatic heterocycles. The van der Waals surface area contributed by atoms with Crippen LogP contribution in [0.1, 0.15) is 55.8 Å². The first-order valence-electron chi connectivity index (χ1n) is 9.89. The zero-order chi connectivity index (χ0) is 24.3. The predicted octanol–water partition coefficient (Wildman–Crippen LogP) is 6.61. The Labute approximate surface area is 197 Å². The molecule has 180 valence electrons. The van der Waals surface area contributed by atoms with Crippen LogP contribution in [-0.4, -0.2) is 41.6 Å². The van der Waals surface area contributed by atoms with Gasteiger partial charge in [0.15, 0.2) is 0 Å². The number of alkyl halides is 2. The first kappa shape index (κ1) is 27.1. The molecule has 0 radical (unpaired) electrons. The number of halogens is 3. The highest BCUT2D eigenvalue weighted by Gasteiger charge is 2.57. The summed E-state index contributed by atoms with van der Waals surface area (Å²) in [6.07, 6.45) is 0.889. The number of aliphatic hydroxyl groups is 1. The average molecular weight is 559 g/mol. The lowest BCUT2D eigenvalue weighted by Gasteiger charge is -2.25. The van der Waals surface area contributed by atoms with Crippen LogP contribution in [0.15, 0.2) is 16.6 Å². The highest BCUT2D eigenvalue weighted by molar-refractivity contribution is 9.10. The topological polar surface area (TPSA) is 102 Å². The number of benzene rings is 1. The second kappa shape index (κ2) is 10.4. The Morgan fingerprint density at radius 2 is 1.81 bits per heavy atom. The fourth-order valence-electron chi connectivity index (χ4n) is 2.91. The highest BCUT2D eigenvalue weighted by Crippen LogP contribution is 2.69. The van der Waals surface area contributed by atoms with Crippen LogP contribution in [0, 0.1) is 0 Å². The monoisotopic (exact) mass is 558 g/mol. The number of carboxylic acid groups (broad SMARTS) is 1. The molecule has 0 unspecified atom stereocenters. The molecule has 0 saturated carbocycles. The summed E-state index contributed by atoms with van der Waals surface area (Å²) in [5.74, 6) is -1.15. The van der Waals surface area contributed by atoms with Gasteiger partial charge in [0.05, 0.1) is 35.7 Å². The minimum atomic E-state index is -4.85. The smallest absolute Gasteiger partial charge is 0.405 e. The van der Waals surface area contributed by atoms with E-state index in [1.807, 2.05) is 0 Å². The molecule has 0 aliphatic rings. The molecule has 0 aliphatic carbocycles. The number of ether oxygens (including phenoxy) is 1. The van der Waals surface area contributed by atoms with Crippen LogP contribution in [0.25, 0.3) is 10.1 Å². The predicted molar refractivity (Wildman–Crippen MR) is 122 cm³/mol. The maximum Gasteiger partial charge on any atom is 0.405 e. The first-order valence-corrected chi connectivity index (χ1v) is 13.0. The van der Waals surface area contributed by atoms with Crippen LogP contribution in [0.5, 0.6) is 5.75 Å². The zero-order valence-electron chi connectivity index (χ0n) is 18.1. The fourth-order valence-corrected chi connectivity index (χ4v) is 6.93. The van der Waals surface area contributed by atoms with Gasteiger partial charge in [0.2, 0.25) is 0 Å². The summed E-state index contributed by atoms with van der Waals surface area (Å²) in [5, 5.41) is 19.4. The molecule has 0 bridgehead atoms. The van der Waals surface area contributed by atoms with Crippen LogP contribution >= 0.6 is 34.9 Å². The Morgan fingerprint density at radius 3 is 2.31 bits per heavy atom. The summed E-state index contributed by atoms with van der Waals surface area (Å²) < 4.78 is 59.2. The Balaban J connectivity index is 2.57. The van der Waals surface area contributed by atoms with Crippen LogP contribution in [-0.2, 0) is 19.3 Å². The molecule has 32 heavy (non-hydrogen) atoms. The van der Waals surface area contributed by atoms with Gasteiger partial charge in [-0.25, -0.2) is 4.79 Å². The van der Waals surface area contributed by atoms with E-state index in [9.17, 15) is 19.6 Å². The van der Waals surface area contributed by atoms with Gasteiger partial charge < -0.3 is 24.0 Å². The Morgan fingerprint density at radius 1 is 1.22 bits per heavy atom. The molecule has 1 heterocycles. The summed E-state index contributed by atoms with van der Waals surface area (Å²) >= 11 is 3.75. The average Bonchev–Trinajstić information content (AvgIpc) is 3.02. The van der Waals surface area contributed by atoms with Crippen LogP contribution in [0.3, 0.4) is 0 Å². The number of aromatic carboxylic acids is 1. The van der Waals surface area contributed by atoms with Gasteiger partial charge in [-0.2, -0.15) is 8.78 Å². The van der Waals surface area contributed by atoms with Crippen molar-refractivity contribution >= 4 is 50.9 Å². The number of carbonyl (C=O) groups is 1. The molecule has 2 N–H and O–H groups in total. The molecular weight excluding hydrogens is 533 g/mol. The van der Waals surface area contributed by atoms with Crippen LogP contribution in [0.2, 0.25) is 0 Å². The van der Waals surface area contributed by atoms with Crippen molar-refractivity contribution in [2.45, 2.75) is 51.8 Å². The van der Waals surface area contributed by atoms with Crippen molar-refractivity contribution in [3.8, 4) is 5.75 Å². The SMILES string of the molecule is CCOP(=O)(OCC)C(F)(F)c1sc2c(OCCCC(C)(C)O)cc(C(=O)O)cc2c1Br. The fraction of sp³-hybridized carbons (Fsp3) is 0.550. The second-order valence-corrected chi connectivity index (χ2v) is 11.4. The van der Waals surface area contributed by atoms with E-state index in [0.29, 0.717) is 24.2 Å². The molecule has 0 saturated heterocycles. The van der Waals surface area contributed by atoms with Crippen LogP contribution < -0.4 is 4.74 Å². The van der Waals surface area contributed by atoms with E-state index in [4.69, 9.17) is 13.8 Å². The van der Waals surface area contributed by atoms with E-state index in [1.165, 1.54) is 26.0 Å². The third-order valence-electron chi connectivity index (χ3n) is 4.35. The number of hydrogen-bond acceptors (Lipinski definition) is 7. The number of fused-ring (bicyclic) bond motifs is 1. The maximum absolute atomic E-state index is 15.4. The van der Waals surface area contributed by atoms with Crippen molar-refractivity contribution < 1.29 is 42.1 Å². The summed E-state index contributed by atoms with van der Waals surface area (Å²) in [5.41, 5.74) is -5.04. The van der Waals surface area contributed by atoms with Crippen molar-refractivity contribution in [2.24, 2.45) is 0 Å². The second-order valence-electron chi connectivity index (χ2n) is 7.54. The van der Waals surface area contributed by atoms with Crippen molar-refractivity contribution in [1.29, 1.82) is 0 Å². The van der Waals surface area contributed by atoms with Crippen LogP contribution in [0.4, 0.5) is 8.78 Å². The largest absolute Gasteiger partial charge is 0.492 e. The summed E-state index contributed by atoms with van der Waals surface area (Å²) in [6.45, 7) is 5.81. The summed E-state index contributed by atoms with van der Waals surface area (Å²) in [4.78, 5) is 11.0. The minimum absolute atomic E-state index is 0.103. The first-order chi connectivity index (χ1) is 14.8. The molecule has 0 fully saturated rings. The lowest BCUT2D eigenvalue weighted by Crippen LogP contribution is -2.19. The van der Waals surface area contributed by atoms with Gasteiger partial charge in [-0.3, -0.25) is 4.57 Å². The lowest BCUT2D eigenvalue weighted by molar-refractivity contribution is 0.0387. The quantitative estimate of drug-likeness (QED) is 0.223. The summed E-state index contributed by atoms with van der Waals surface area (Å²) in [6, 6.07) is 2.50. The van der Waals surface area contributed by atoms with Gasteiger partial charge in [-0.15, -0.1) is 11.3 Å². The van der Waals surface area contributed by atoms with E-state index in [2.05, 4.69) is 15.9 Å². The molecule has 1 aromatic heterocycles. The highest BCUT2D eigenvalue weighted by atomic mass is 79.9. The van der Waals surface area contributed by atoms with Gasteiger partial charge in [0.1, 0.15) is 10.6 Å². The third-order valence-corrected chi connectivity index (χ3v) is 8.98. The van der Waals surface area contributed by atoms with Gasteiger partial charge in [-0.05, 0) is 68.6 Å². The standard InChI is InChI=1S/C20H26BrF2O7PS/c1-5-29-31(27,30-6-2)20(22,23)17-15(21)13-10-12(18(24)25)11-14(16(13)32-17)28-9-7-8-19(3,4)26/h10-11,26H,5-9H2,1-4H3,(H,24,25). The molecule has 1 aromatic carbocycles. The third kappa shape index (κ3) is 5.87. The van der Waals surface area contributed by atoms with Gasteiger partial charge in [0, 0.05) is 9.86 Å². The van der Waals surface area contributed by atoms with Crippen molar-refractivity contribution in [1.82, 2.24) is 0 Å². The molecule has 0 spiro atoms. The number of hydrogen-bond donors (Lipinski definition) is 2. The molecule has 12 heteroatoms.